The molecular formula is C38H61F4N3O7. The monoisotopic (exact) mass is 747 g/mol. The summed E-state index contributed by atoms with van der Waals surface area (Å²) in [5.41, 5.74) is -2.21. The lowest BCUT2D eigenvalue weighted by Gasteiger charge is -2.22. The maximum absolute atomic E-state index is 13.3. The molecule has 0 aliphatic carbocycles. The van der Waals surface area contributed by atoms with Crippen LogP contribution in [0.1, 0.15) is 129 Å². The Labute approximate surface area is 306 Å². The van der Waals surface area contributed by atoms with Gasteiger partial charge in [-0.05, 0) is 82.3 Å². The van der Waals surface area contributed by atoms with Gasteiger partial charge in [0, 0.05) is 25.4 Å². The van der Waals surface area contributed by atoms with E-state index in [2.05, 4.69) is 13.8 Å². The number of nitrogens with zero attached hydrogens (tertiary/aromatic N) is 3. The third-order valence-electron chi connectivity index (χ3n) is 7.07. The summed E-state index contributed by atoms with van der Waals surface area (Å²) < 4.78 is 64.9. The molecule has 52 heavy (non-hydrogen) atoms. The van der Waals surface area contributed by atoms with Crippen molar-refractivity contribution >= 4 is 18.2 Å². The van der Waals surface area contributed by atoms with Gasteiger partial charge in [-0.15, -0.1) is 0 Å². The SMILES string of the molecule is C.CCC.CCOC(=O)C(CC(C)C)n1cc(CC=O)cc(C(F)F)c1=O.CCOC(=O)C(CC(C)C)n1cc(CCN(C)C)cc(C(F)F)c1=O. The first kappa shape index (κ1) is 50.3. The van der Waals surface area contributed by atoms with E-state index < -0.39 is 59.1 Å². The Kier molecular flexibility index (Phi) is 25.2. The van der Waals surface area contributed by atoms with E-state index in [9.17, 15) is 41.5 Å². The first-order valence-electron chi connectivity index (χ1n) is 17.4. The third-order valence-corrected chi connectivity index (χ3v) is 7.07. The molecule has 0 amide bonds. The van der Waals surface area contributed by atoms with Crippen LogP contribution < -0.4 is 11.1 Å². The quantitative estimate of drug-likeness (QED) is 0.0916. The van der Waals surface area contributed by atoms with Crippen LogP contribution in [0.2, 0.25) is 0 Å². The minimum absolute atomic E-state index is 0. The van der Waals surface area contributed by atoms with Crippen molar-refractivity contribution in [2.75, 3.05) is 33.9 Å². The van der Waals surface area contributed by atoms with Crippen molar-refractivity contribution in [2.45, 2.75) is 120 Å². The zero-order valence-electron chi connectivity index (χ0n) is 31.7. The summed E-state index contributed by atoms with van der Waals surface area (Å²) in [5.74, 6) is -1.07. The standard InChI is InChI=1S/C18H28F2N2O3.C16H21F2NO4.C3H8.CH4/c1-6-25-18(24)15(9-12(2)3)22-11-13(7-8-21(4)5)10-14(16(19)20)17(22)23;1-4-23-16(22)13(7-10(2)3)19-9-11(5-6-20)8-12(14(17)18)15(19)21;1-3-2;/h10-12,15-16H,6-9H2,1-5H3;6,8-10,13-14H,4-5,7H2,1-3H3;3H2,1-2H3;1H4. The molecule has 0 aliphatic heterocycles. The van der Waals surface area contributed by atoms with E-state index in [0.717, 1.165) is 15.2 Å². The van der Waals surface area contributed by atoms with Crippen molar-refractivity contribution in [1.29, 1.82) is 0 Å². The number of ether oxygens (including phenoxy) is 2. The molecule has 0 N–H and O–H groups in total. The summed E-state index contributed by atoms with van der Waals surface area (Å²) in [6.45, 7) is 16.0. The number of carbonyl (C=O) groups excluding carboxylic acids is 3. The Bertz CT molecular complexity index is 1470. The number of hydrogen-bond acceptors (Lipinski definition) is 8. The van der Waals surface area contributed by atoms with Gasteiger partial charge in [-0.3, -0.25) is 9.59 Å². The molecule has 2 atom stereocenters. The zero-order valence-corrected chi connectivity index (χ0v) is 31.7. The van der Waals surface area contributed by atoms with E-state index >= 15 is 0 Å². The van der Waals surface area contributed by atoms with Crippen molar-refractivity contribution in [3.05, 3.63) is 67.5 Å². The van der Waals surface area contributed by atoms with Gasteiger partial charge in [0.2, 0.25) is 0 Å². The highest BCUT2D eigenvalue weighted by Crippen LogP contribution is 2.24. The molecule has 2 aromatic heterocycles. The number of alkyl halides is 4. The van der Waals surface area contributed by atoms with Crippen LogP contribution in [-0.2, 0) is 36.7 Å². The summed E-state index contributed by atoms with van der Waals surface area (Å²) in [6.07, 6.45) is -0.260. The fourth-order valence-corrected chi connectivity index (χ4v) is 4.86. The largest absolute Gasteiger partial charge is 0.464 e. The molecule has 14 heteroatoms. The third kappa shape index (κ3) is 17.1. The molecule has 0 bridgehead atoms. The first-order valence-corrected chi connectivity index (χ1v) is 17.4. The lowest BCUT2D eigenvalue weighted by atomic mass is 10.0. The maximum Gasteiger partial charge on any atom is 0.329 e. The predicted octanol–water partition coefficient (Wildman–Crippen LogP) is 7.77. The summed E-state index contributed by atoms with van der Waals surface area (Å²) in [5, 5.41) is 0. The highest BCUT2D eigenvalue weighted by Gasteiger charge is 2.28. The van der Waals surface area contributed by atoms with E-state index in [0.29, 0.717) is 31.2 Å². The van der Waals surface area contributed by atoms with Crippen LogP contribution in [0, 0.1) is 11.8 Å². The second-order valence-electron chi connectivity index (χ2n) is 13.1. The van der Waals surface area contributed by atoms with Gasteiger partial charge in [-0.2, -0.15) is 0 Å². The Morgan fingerprint density at radius 1 is 0.750 bits per heavy atom. The fourth-order valence-electron chi connectivity index (χ4n) is 4.86. The van der Waals surface area contributed by atoms with E-state index in [1.54, 1.807) is 13.8 Å². The fraction of sp³-hybridized carbons (Fsp3) is 0.658. The number of rotatable bonds is 17. The van der Waals surface area contributed by atoms with Crippen LogP contribution >= 0.6 is 0 Å². The van der Waals surface area contributed by atoms with Crippen LogP contribution in [-0.4, -0.2) is 66.1 Å². The number of esters is 2. The van der Waals surface area contributed by atoms with Gasteiger partial charge in [0.15, 0.2) is 0 Å². The summed E-state index contributed by atoms with van der Waals surface area (Å²) in [4.78, 5) is 61.8. The molecule has 298 valence electrons. The number of halogens is 4. The average Bonchev–Trinajstić information content (AvgIpc) is 3.03. The molecule has 0 saturated heterocycles. The molecule has 10 nitrogen and oxygen atoms in total. The van der Waals surface area contributed by atoms with Gasteiger partial charge in [0.25, 0.3) is 24.0 Å². The van der Waals surface area contributed by atoms with Gasteiger partial charge in [-0.1, -0.05) is 55.4 Å². The van der Waals surface area contributed by atoms with E-state index in [1.807, 2.05) is 46.7 Å². The topological polar surface area (TPSA) is 117 Å². The number of pyridine rings is 2. The van der Waals surface area contributed by atoms with Gasteiger partial charge >= 0.3 is 11.9 Å². The van der Waals surface area contributed by atoms with Gasteiger partial charge in [-0.25, -0.2) is 27.2 Å². The van der Waals surface area contributed by atoms with Crippen molar-refractivity contribution in [3.8, 4) is 0 Å². The first-order chi connectivity index (χ1) is 23.9. The zero-order chi connectivity index (χ0) is 39.4. The second-order valence-corrected chi connectivity index (χ2v) is 13.1. The Morgan fingerprint density at radius 3 is 1.42 bits per heavy atom. The number of aromatic nitrogens is 2. The van der Waals surface area contributed by atoms with E-state index in [1.165, 1.54) is 24.9 Å². The van der Waals surface area contributed by atoms with Crippen LogP contribution in [0.25, 0.3) is 0 Å². The number of aldehydes is 1. The van der Waals surface area contributed by atoms with E-state index in [-0.39, 0.29) is 50.9 Å². The number of likely N-dealkylation sites (N-methyl/N-ethyl adjacent to an activating group) is 1. The van der Waals surface area contributed by atoms with E-state index in [4.69, 9.17) is 9.47 Å². The number of carbonyl (C=O) groups is 3. The molecule has 2 rings (SSSR count). The molecule has 0 radical (unpaired) electrons. The Hall–Kier alpha value is -3.81. The maximum atomic E-state index is 13.3. The van der Waals surface area contributed by atoms with Crippen molar-refractivity contribution in [3.63, 3.8) is 0 Å². The van der Waals surface area contributed by atoms with Crippen LogP contribution in [0.5, 0.6) is 0 Å². The van der Waals surface area contributed by atoms with Gasteiger partial charge < -0.3 is 28.3 Å². The van der Waals surface area contributed by atoms with Gasteiger partial charge in [0.05, 0.1) is 24.3 Å². The molecule has 2 unspecified atom stereocenters. The lowest BCUT2D eigenvalue weighted by Crippen LogP contribution is -2.34. The molecule has 0 spiro atoms. The average molecular weight is 748 g/mol. The van der Waals surface area contributed by atoms with Crippen LogP contribution in [0.15, 0.2) is 34.1 Å². The molecule has 0 fully saturated rings. The van der Waals surface area contributed by atoms with Gasteiger partial charge in [0.1, 0.15) is 18.4 Å². The summed E-state index contributed by atoms with van der Waals surface area (Å²) in [6, 6.07) is 0.357. The van der Waals surface area contributed by atoms with Crippen molar-refractivity contribution < 1.29 is 41.4 Å². The smallest absolute Gasteiger partial charge is 0.329 e. The highest BCUT2D eigenvalue weighted by molar-refractivity contribution is 5.74. The molecule has 0 aromatic carbocycles. The van der Waals surface area contributed by atoms with Crippen LogP contribution in [0.3, 0.4) is 0 Å². The molecule has 0 aliphatic rings. The minimum Gasteiger partial charge on any atom is -0.464 e. The lowest BCUT2D eigenvalue weighted by molar-refractivity contribution is -0.148. The molecular weight excluding hydrogens is 686 g/mol. The normalized spacial score (nSPS) is 12.1. The second kappa shape index (κ2) is 26.0. The molecule has 2 heterocycles. The molecule has 0 saturated carbocycles. The molecule has 2 aromatic rings. The van der Waals surface area contributed by atoms with Crippen molar-refractivity contribution in [2.24, 2.45) is 11.8 Å². The summed E-state index contributed by atoms with van der Waals surface area (Å²) in [7, 11) is 3.76. The summed E-state index contributed by atoms with van der Waals surface area (Å²) >= 11 is 0. The van der Waals surface area contributed by atoms with Crippen LogP contribution in [0.4, 0.5) is 17.6 Å². The predicted molar refractivity (Wildman–Crippen MR) is 196 cm³/mol. The number of hydrogen-bond donors (Lipinski definition) is 0. The minimum atomic E-state index is -2.98. The highest BCUT2D eigenvalue weighted by atomic mass is 19.3. The Morgan fingerprint density at radius 2 is 1.12 bits per heavy atom. The van der Waals surface area contributed by atoms with Crippen molar-refractivity contribution in [1.82, 2.24) is 14.0 Å². The Balaban J connectivity index is 0.